The van der Waals surface area contributed by atoms with E-state index in [2.05, 4.69) is 36.8 Å². The second kappa shape index (κ2) is 4.78. The summed E-state index contributed by atoms with van der Waals surface area (Å²) in [4.78, 5) is 16.5. The third kappa shape index (κ3) is 2.24. The van der Waals surface area contributed by atoms with Crippen LogP contribution in [-0.2, 0) is 6.42 Å². The Balaban J connectivity index is 2.86. The van der Waals surface area contributed by atoms with Gasteiger partial charge in [0.15, 0.2) is 0 Å². The normalized spacial score (nSPS) is 11.0. The SMILES string of the molecule is CCCc1nc2c(Br)cc(Br)cc2c(=O)n1N. The average Bonchev–Trinajstić information content (AvgIpc) is 2.27. The second-order valence-corrected chi connectivity index (χ2v) is 5.51. The van der Waals surface area contributed by atoms with E-state index in [-0.39, 0.29) is 5.56 Å². The molecule has 1 heterocycles. The van der Waals surface area contributed by atoms with E-state index in [1.165, 1.54) is 0 Å². The number of nitrogen functional groups attached to an aromatic ring is 1. The van der Waals surface area contributed by atoms with Crippen molar-refractivity contribution in [2.24, 2.45) is 0 Å². The van der Waals surface area contributed by atoms with Crippen LogP contribution in [0.5, 0.6) is 0 Å². The Morgan fingerprint density at radius 1 is 1.41 bits per heavy atom. The molecule has 0 unspecified atom stereocenters. The Morgan fingerprint density at radius 2 is 2.12 bits per heavy atom. The van der Waals surface area contributed by atoms with E-state index in [1.807, 2.05) is 13.0 Å². The van der Waals surface area contributed by atoms with Crippen molar-refractivity contribution in [3.05, 3.63) is 37.3 Å². The van der Waals surface area contributed by atoms with Crippen LogP contribution in [0.25, 0.3) is 10.9 Å². The molecule has 0 aliphatic carbocycles. The third-order valence-electron chi connectivity index (χ3n) is 2.47. The van der Waals surface area contributed by atoms with Crippen molar-refractivity contribution in [2.75, 3.05) is 5.84 Å². The van der Waals surface area contributed by atoms with E-state index in [1.54, 1.807) is 6.07 Å². The topological polar surface area (TPSA) is 60.9 Å². The summed E-state index contributed by atoms with van der Waals surface area (Å²) in [5.74, 6) is 6.35. The van der Waals surface area contributed by atoms with Crippen LogP contribution < -0.4 is 11.4 Å². The number of benzene rings is 1. The number of rotatable bonds is 2. The lowest BCUT2D eigenvalue weighted by molar-refractivity contribution is 0.751. The van der Waals surface area contributed by atoms with Crippen LogP contribution in [0.15, 0.2) is 25.9 Å². The number of aromatic nitrogens is 2. The Bertz CT molecular complexity index is 637. The van der Waals surface area contributed by atoms with E-state index in [0.29, 0.717) is 23.1 Å². The predicted octanol–water partition coefficient (Wildman–Crippen LogP) is 2.59. The van der Waals surface area contributed by atoms with Gasteiger partial charge in [-0.25, -0.2) is 9.66 Å². The Labute approximate surface area is 115 Å². The lowest BCUT2D eigenvalue weighted by Gasteiger charge is -2.09. The molecule has 0 atom stereocenters. The fourth-order valence-corrected chi connectivity index (χ4v) is 2.99. The molecule has 0 amide bonds. The zero-order valence-electron chi connectivity index (χ0n) is 9.20. The van der Waals surface area contributed by atoms with Crippen molar-refractivity contribution in [1.29, 1.82) is 0 Å². The van der Waals surface area contributed by atoms with Gasteiger partial charge in [-0.1, -0.05) is 22.9 Å². The number of hydrogen-bond acceptors (Lipinski definition) is 3. The van der Waals surface area contributed by atoms with Crippen LogP contribution in [-0.4, -0.2) is 9.66 Å². The quantitative estimate of drug-likeness (QED) is 0.837. The second-order valence-electron chi connectivity index (χ2n) is 3.74. The van der Waals surface area contributed by atoms with Crippen molar-refractivity contribution < 1.29 is 0 Å². The summed E-state index contributed by atoms with van der Waals surface area (Å²) in [5, 5.41) is 0.508. The standard InChI is InChI=1S/C11H11Br2N3O/c1-2-3-9-15-10-7(11(17)16(9)14)4-6(12)5-8(10)13/h4-5H,2-3,14H2,1H3. The van der Waals surface area contributed by atoms with Crippen molar-refractivity contribution in [3.8, 4) is 0 Å². The fourth-order valence-electron chi connectivity index (χ4n) is 1.67. The molecule has 2 rings (SSSR count). The number of aryl methyl sites for hydroxylation is 1. The molecule has 0 saturated carbocycles. The summed E-state index contributed by atoms with van der Waals surface area (Å²) in [6.45, 7) is 2.02. The monoisotopic (exact) mass is 359 g/mol. The van der Waals surface area contributed by atoms with Gasteiger partial charge in [0, 0.05) is 15.4 Å². The molecular formula is C11H11Br2N3O. The number of nitrogens with two attached hydrogens (primary N) is 1. The summed E-state index contributed by atoms with van der Waals surface area (Å²) < 4.78 is 2.74. The van der Waals surface area contributed by atoms with Crippen molar-refractivity contribution in [3.63, 3.8) is 0 Å². The minimum Gasteiger partial charge on any atom is -0.335 e. The number of halogens is 2. The number of fused-ring (bicyclic) bond motifs is 1. The van der Waals surface area contributed by atoms with Crippen LogP contribution in [0.3, 0.4) is 0 Å². The molecule has 0 fully saturated rings. The molecular weight excluding hydrogens is 350 g/mol. The molecule has 2 N–H and O–H groups in total. The zero-order valence-corrected chi connectivity index (χ0v) is 12.4. The molecule has 0 bridgehead atoms. The molecule has 0 aliphatic rings. The maximum atomic E-state index is 12.1. The first-order valence-corrected chi connectivity index (χ1v) is 6.79. The summed E-state index contributed by atoms with van der Waals surface area (Å²) in [5.41, 5.74) is 0.434. The van der Waals surface area contributed by atoms with Crippen LogP contribution in [0.4, 0.5) is 0 Å². The minimum atomic E-state index is -0.222. The van der Waals surface area contributed by atoms with E-state index >= 15 is 0 Å². The number of nitrogens with zero attached hydrogens (tertiary/aromatic N) is 2. The Kier molecular flexibility index (Phi) is 3.53. The van der Waals surface area contributed by atoms with Gasteiger partial charge in [-0.2, -0.15) is 0 Å². The first kappa shape index (κ1) is 12.6. The summed E-state index contributed by atoms with van der Waals surface area (Å²) in [7, 11) is 0. The van der Waals surface area contributed by atoms with Crippen LogP contribution in [0.2, 0.25) is 0 Å². The first-order chi connectivity index (χ1) is 8.04. The summed E-state index contributed by atoms with van der Waals surface area (Å²) in [6.07, 6.45) is 1.58. The molecule has 4 nitrogen and oxygen atoms in total. The van der Waals surface area contributed by atoms with Crippen molar-refractivity contribution in [2.45, 2.75) is 19.8 Å². The van der Waals surface area contributed by atoms with Crippen LogP contribution >= 0.6 is 31.9 Å². The molecule has 0 saturated heterocycles. The maximum Gasteiger partial charge on any atom is 0.279 e. The smallest absolute Gasteiger partial charge is 0.279 e. The van der Waals surface area contributed by atoms with Gasteiger partial charge in [0.2, 0.25) is 0 Å². The average molecular weight is 361 g/mol. The molecule has 90 valence electrons. The fraction of sp³-hybridized carbons (Fsp3) is 0.273. The largest absolute Gasteiger partial charge is 0.335 e. The molecule has 2 aromatic rings. The van der Waals surface area contributed by atoms with Gasteiger partial charge >= 0.3 is 0 Å². The molecule has 17 heavy (non-hydrogen) atoms. The highest BCUT2D eigenvalue weighted by atomic mass is 79.9. The highest BCUT2D eigenvalue weighted by Gasteiger charge is 2.11. The zero-order chi connectivity index (χ0) is 12.6. The van der Waals surface area contributed by atoms with Crippen molar-refractivity contribution >= 4 is 42.8 Å². The highest BCUT2D eigenvalue weighted by Crippen LogP contribution is 2.25. The molecule has 0 radical (unpaired) electrons. The van der Waals surface area contributed by atoms with Gasteiger partial charge in [0.25, 0.3) is 5.56 Å². The maximum absolute atomic E-state index is 12.1. The predicted molar refractivity (Wildman–Crippen MR) is 75.5 cm³/mol. The minimum absolute atomic E-state index is 0.222. The summed E-state index contributed by atoms with van der Waals surface area (Å²) in [6, 6.07) is 3.60. The van der Waals surface area contributed by atoms with Gasteiger partial charge in [0.05, 0.1) is 10.9 Å². The van der Waals surface area contributed by atoms with E-state index in [9.17, 15) is 4.79 Å². The summed E-state index contributed by atoms with van der Waals surface area (Å²) >= 11 is 6.75. The Morgan fingerprint density at radius 3 is 2.76 bits per heavy atom. The van der Waals surface area contributed by atoms with Crippen LogP contribution in [0, 0.1) is 0 Å². The van der Waals surface area contributed by atoms with Gasteiger partial charge in [-0.3, -0.25) is 4.79 Å². The van der Waals surface area contributed by atoms with Gasteiger partial charge in [-0.05, 0) is 34.5 Å². The van der Waals surface area contributed by atoms with E-state index in [0.717, 1.165) is 20.0 Å². The van der Waals surface area contributed by atoms with Crippen molar-refractivity contribution in [1.82, 2.24) is 9.66 Å². The van der Waals surface area contributed by atoms with Gasteiger partial charge in [-0.15, -0.1) is 0 Å². The third-order valence-corrected chi connectivity index (χ3v) is 3.53. The first-order valence-electron chi connectivity index (χ1n) is 5.20. The lowest BCUT2D eigenvalue weighted by atomic mass is 10.2. The molecule has 1 aromatic carbocycles. The van der Waals surface area contributed by atoms with E-state index in [4.69, 9.17) is 5.84 Å². The number of hydrogen-bond donors (Lipinski definition) is 1. The lowest BCUT2D eigenvalue weighted by Crippen LogP contribution is -2.31. The molecule has 1 aromatic heterocycles. The van der Waals surface area contributed by atoms with Gasteiger partial charge < -0.3 is 5.84 Å². The van der Waals surface area contributed by atoms with E-state index < -0.39 is 0 Å². The van der Waals surface area contributed by atoms with Gasteiger partial charge in [0.1, 0.15) is 5.82 Å². The molecule has 6 heteroatoms. The highest BCUT2D eigenvalue weighted by molar-refractivity contribution is 9.11. The molecule has 0 spiro atoms. The van der Waals surface area contributed by atoms with Crippen LogP contribution in [0.1, 0.15) is 19.2 Å². The molecule has 0 aliphatic heterocycles. The Hall–Kier alpha value is -0.880.